The molecular formula is C17H22N2O5. The van der Waals surface area contributed by atoms with Gasteiger partial charge in [-0.1, -0.05) is 30.3 Å². The molecule has 3 N–H and O–H groups in total. The highest BCUT2D eigenvalue weighted by atomic mass is 16.5. The van der Waals surface area contributed by atoms with Gasteiger partial charge in [0.05, 0.1) is 13.2 Å². The van der Waals surface area contributed by atoms with E-state index in [1.165, 1.54) is 4.90 Å². The van der Waals surface area contributed by atoms with Crippen molar-refractivity contribution in [2.24, 2.45) is 5.73 Å². The molecule has 0 bridgehead atoms. The minimum absolute atomic E-state index is 0.0251. The number of carbonyl (C=O) groups is 2. The summed E-state index contributed by atoms with van der Waals surface area (Å²) in [5.74, 6) is -1.03. The summed E-state index contributed by atoms with van der Waals surface area (Å²) in [5, 5.41) is 8.87. The third-order valence-electron chi connectivity index (χ3n) is 3.58. The highest BCUT2D eigenvalue weighted by Gasteiger charge is 2.49. The molecule has 0 aliphatic carbocycles. The maximum atomic E-state index is 12.4. The molecule has 1 aromatic rings. The molecule has 7 heteroatoms. The smallest absolute Gasteiger partial charge is 0.355 e. The van der Waals surface area contributed by atoms with Crippen LogP contribution in [0, 0.1) is 0 Å². The number of ether oxygens (including phenoxy) is 2. The molecule has 1 heterocycles. The van der Waals surface area contributed by atoms with Gasteiger partial charge in [-0.3, -0.25) is 9.69 Å². The van der Waals surface area contributed by atoms with Crippen LogP contribution in [0.2, 0.25) is 0 Å². The number of amides is 1. The van der Waals surface area contributed by atoms with Gasteiger partial charge >= 0.3 is 5.97 Å². The summed E-state index contributed by atoms with van der Waals surface area (Å²) in [7, 11) is 0. The number of aliphatic hydroxyl groups excluding tert-OH is 1. The van der Waals surface area contributed by atoms with Crippen LogP contribution in [0.1, 0.15) is 19.4 Å². The van der Waals surface area contributed by atoms with Crippen LogP contribution in [0.15, 0.2) is 41.6 Å². The first kappa shape index (κ1) is 18.1. The average Bonchev–Trinajstić information content (AvgIpc) is 2.59. The molecule has 1 aliphatic heterocycles. The van der Waals surface area contributed by atoms with Gasteiger partial charge in [-0.25, -0.2) is 4.79 Å². The maximum Gasteiger partial charge on any atom is 0.355 e. The van der Waals surface area contributed by atoms with Crippen molar-refractivity contribution >= 4 is 11.9 Å². The van der Waals surface area contributed by atoms with E-state index in [0.29, 0.717) is 5.57 Å². The molecule has 1 aliphatic rings. The Labute approximate surface area is 140 Å². The van der Waals surface area contributed by atoms with Crippen LogP contribution in [0.3, 0.4) is 0 Å². The Kier molecular flexibility index (Phi) is 6.08. The molecule has 7 nitrogen and oxygen atoms in total. The van der Waals surface area contributed by atoms with Gasteiger partial charge < -0.3 is 20.3 Å². The van der Waals surface area contributed by atoms with Gasteiger partial charge in [0.1, 0.15) is 18.3 Å². The SMILES string of the molecule is CC(C)=C(C(=O)OCc1ccccc1)N1C(=O)[C@H](N)C1OCCO. The van der Waals surface area contributed by atoms with E-state index in [9.17, 15) is 9.59 Å². The number of hydrogen-bond acceptors (Lipinski definition) is 6. The molecule has 24 heavy (non-hydrogen) atoms. The van der Waals surface area contributed by atoms with Gasteiger partial charge in [0.25, 0.3) is 5.91 Å². The van der Waals surface area contributed by atoms with Gasteiger partial charge in [-0.2, -0.15) is 0 Å². The lowest BCUT2D eigenvalue weighted by atomic mass is 10.0. The molecule has 0 aromatic heterocycles. The first-order valence-electron chi connectivity index (χ1n) is 7.67. The van der Waals surface area contributed by atoms with Crippen LogP contribution in [-0.2, 0) is 25.7 Å². The molecule has 1 aromatic carbocycles. The zero-order chi connectivity index (χ0) is 17.7. The number of nitrogens with zero attached hydrogens (tertiary/aromatic N) is 1. The molecule has 130 valence electrons. The van der Waals surface area contributed by atoms with Crippen LogP contribution in [0.25, 0.3) is 0 Å². The largest absolute Gasteiger partial charge is 0.456 e. The van der Waals surface area contributed by atoms with E-state index >= 15 is 0 Å². The number of β-lactam (4-membered cyclic amide) rings is 1. The second-order valence-corrected chi connectivity index (χ2v) is 5.63. The molecule has 0 spiro atoms. The topological polar surface area (TPSA) is 102 Å². The Morgan fingerprint density at radius 1 is 1.29 bits per heavy atom. The Morgan fingerprint density at radius 3 is 2.54 bits per heavy atom. The number of nitrogens with two attached hydrogens (primary N) is 1. The quantitative estimate of drug-likeness (QED) is 0.428. The Balaban J connectivity index is 2.10. The predicted molar refractivity (Wildman–Crippen MR) is 86.3 cm³/mol. The molecule has 1 fully saturated rings. The number of rotatable bonds is 7. The monoisotopic (exact) mass is 334 g/mol. The number of aliphatic hydroxyl groups is 1. The van der Waals surface area contributed by atoms with Gasteiger partial charge in [-0.15, -0.1) is 0 Å². The number of esters is 1. The number of carbonyl (C=O) groups excluding carboxylic acids is 2. The summed E-state index contributed by atoms with van der Waals surface area (Å²) in [5.41, 5.74) is 7.32. The second kappa shape index (κ2) is 8.05. The maximum absolute atomic E-state index is 12.4. The minimum Gasteiger partial charge on any atom is -0.456 e. The van der Waals surface area contributed by atoms with E-state index in [1.54, 1.807) is 13.8 Å². The van der Waals surface area contributed by atoms with Crippen molar-refractivity contribution in [2.45, 2.75) is 32.7 Å². The van der Waals surface area contributed by atoms with E-state index in [1.807, 2.05) is 30.3 Å². The third kappa shape index (κ3) is 3.81. The van der Waals surface area contributed by atoms with E-state index < -0.39 is 24.1 Å². The van der Waals surface area contributed by atoms with Crippen molar-refractivity contribution in [2.75, 3.05) is 13.2 Å². The molecular weight excluding hydrogens is 312 g/mol. The summed E-state index contributed by atoms with van der Waals surface area (Å²) in [4.78, 5) is 25.7. The summed E-state index contributed by atoms with van der Waals surface area (Å²) in [6.45, 7) is 3.34. The number of hydrogen-bond donors (Lipinski definition) is 2. The Hall–Kier alpha value is -2.22. The zero-order valence-electron chi connectivity index (χ0n) is 13.8. The van der Waals surface area contributed by atoms with E-state index in [-0.39, 0.29) is 25.5 Å². The second-order valence-electron chi connectivity index (χ2n) is 5.63. The van der Waals surface area contributed by atoms with Crippen molar-refractivity contribution in [3.8, 4) is 0 Å². The van der Waals surface area contributed by atoms with Crippen molar-refractivity contribution in [3.05, 3.63) is 47.2 Å². The number of benzene rings is 1. The first-order chi connectivity index (χ1) is 11.5. The summed E-state index contributed by atoms with van der Waals surface area (Å²) in [6, 6.07) is 8.40. The van der Waals surface area contributed by atoms with Gasteiger partial charge in [0.15, 0.2) is 6.23 Å². The van der Waals surface area contributed by atoms with E-state index in [2.05, 4.69) is 0 Å². The van der Waals surface area contributed by atoms with Crippen molar-refractivity contribution in [1.29, 1.82) is 0 Å². The van der Waals surface area contributed by atoms with Crippen LogP contribution >= 0.6 is 0 Å². The van der Waals surface area contributed by atoms with Crippen LogP contribution in [0.4, 0.5) is 0 Å². The van der Waals surface area contributed by atoms with Crippen molar-refractivity contribution in [1.82, 2.24) is 4.90 Å². The summed E-state index contributed by atoms with van der Waals surface area (Å²) >= 11 is 0. The average molecular weight is 334 g/mol. The lowest BCUT2D eigenvalue weighted by Gasteiger charge is -2.45. The fourth-order valence-corrected chi connectivity index (χ4v) is 2.41. The van der Waals surface area contributed by atoms with E-state index in [4.69, 9.17) is 20.3 Å². The molecule has 1 saturated heterocycles. The van der Waals surface area contributed by atoms with Gasteiger partial charge in [0, 0.05) is 0 Å². The van der Waals surface area contributed by atoms with Crippen LogP contribution in [0.5, 0.6) is 0 Å². The third-order valence-corrected chi connectivity index (χ3v) is 3.58. The molecule has 0 saturated carbocycles. The standard InChI is InChI=1S/C17H22N2O5/c1-11(2)14(17(22)24-10-12-6-4-3-5-7-12)19-15(21)13(18)16(19)23-9-8-20/h3-7,13,16,20H,8-10,18H2,1-2H3/t13-,16?/m0/s1. The van der Waals surface area contributed by atoms with Crippen LogP contribution in [-0.4, -0.2) is 47.4 Å². The number of allylic oxidation sites excluding steroid dienone is 1. The molecule has 2 atom stereocenters. The highest BCUT2D eigenvalue weighted by molar-refractivity contribution is 5.99. The van der Waals surface area contributed by atoms with Crippen molar-refractivity contribution in [3.63, 3.8) is 0 Å². The minimum atomic E-state index is -0.854. The zero-order valence-corrected chi connectivity index (χ0v) is 13.8. The summed E-state index contributed by atoms with van der Waals surface area (Å²) < 4.78 is 10.7. The molecule has 1 amide bonds. The van der Waals surface area contributed by atoms with Gasteiger partial charge in [0.2, 0.25) is 0 Å². The van der Waals surface area contributed by atoms with Crippen LogP contribution < -0.4 is 5.73 Å². The number of likely N-dealkylation sites (tertiary alicyclic amines) is 1. The lowest BCUT2D eigenvalue weighted by molar-refractivity contribution is -0.179. The Bertz CT molecular complexity index is 625. The first-order valence-corrected chi connectivity index (χ1v) is 7.67. The fraction of sp³-hybridized carbons (Fsp3) is 0.412. The Morgan fingerprint density at radius 2 is 1.96 bits per heavy atom. The lowest BCUT2D eigenvalue weighted by Crippen LogP contribution is -2.69. The van der Waals surface area contributed by atoms with E-state index in [0.717, 1.165) is 5.56 Å². The normalized spacial score (nSPS) is 19.7. The highest BCUT2D eigenvalue weighted by Crippen LogP contribution is 2.28. The predicted octanol–water partition coefficient (Wildman–Crippen LogP) is 0.528. The van der Waals surface area contributed by atoms with Crippen molar-refractivity contribution < 1.29 is 24.2 Å². The molecule has 2 rings (SSSR count). The fourth-order valence-electron chi connectivity index (χ4n) is 2.41. The molecule has 0 radical (unpaired) electrons. The van der Waals surface area contributed by atoms with Gasteiger partial charge in [-0.05, 0) is 25.0 Å². The molecule has 1 unspecified atom stereocenters. The summed E-state index contributed by atoms with van der Waals surface area (Å²) in [6.07, 6.45) is -0.779.